The second-order valence-electron chi connectivity index (χ2n) is 5.14. The van der Waals surface area contributed by atoms with E-state index in [2.05, 4.69) is 10.2 Å². The maximum Gasteiger partial charge on any atom is 0.260 e. The normalized spacial score (nSPS) is 20.0. The van der Waals surface area contributed by atoms with E-state index in [0.29, 0.717) is 18.7 Å². The minimum atomic E-state index is -3.62. The first-order valence-electron chi connectivity index (χ1n) is 6.81. The molecule has 1 aromatic carbocycles. The number of aliphatic hydroxyl groups excluding tert-OH is 1. The summed E-state index contributed by atoms with van der Waals surface area (Å²) in [7, 11) is -3.62. The van der Waals surface area contributed by atoms with Gasteiger partial charge in [-0.2, -0.15) is 9.40 Å². The summed E-state index contributed by atoms with van der Waals surface area (Å²) in [6.07, 6.45) is 2.14. The summed E-state index contributed by atoms with van der Waals surface area (Å²) >= 11 is 0. The number of aromatic amines is 1. The molecule has 1 aromatic heterocycles. The monoisotopic (exact) mass is 307 g/mol. The van der Waals surface area contributed by atoms with E-state index in [1.165, 1.54) is 10.5 Å². The summed E-state index contributed by atoms with van der Waals surface area (Å²) in [6.45, 7) is 0.586. The number of rotatable bonds is 4. The van der Waals surface area contributed by atoms with Gasteiger partial charge in [0.05, 0.1) is 12.8 Å². The zero-order valence-corrected chi connectivity index (χ0v) is 12.3. The standard InChI is InChI=1S/C14H17N3O3S/c18-10-13-8-15-16-14(13)21(19,20)17-7-6-12(9-17)11-4-2-1-3-5-11/h1-5,8,12,18H,6-7,9-10H2,(H,15,16). The van der Waals surface area contributed by atoms with Gasteiger partial charge < -0.3 is 5.11 Å². The van der Waals surface area contributed by atoms with E-state index in [0.717, 1.165) is 12.0 Å². The molecule has 21 heavy (non-hydrogen) atoms. The van der Waals surface area contributed by atoms with Gasteiger partial charge in [0.25, 0.3) is 10.0 Å². The van der Waals surface area contributed by atoms with Crippen LogP contribution in [0.1, 0.15) is 23.5 Å². The van der Waals surface area contributed by atoms with E-state index in [1.54, 1.807) is 0 Å². The molecule has 0 aliphatic carbocycles. The predicted octanol–water partition coefficient (Wildman–Crippen LogP) is 1.08. The van der Waals surface area contributed by atoms with Gasteiger partial charge in [-0.3, -0.25) is 5.10 Å². The van der Waals surface area contributed by atoms with Gasteiger partial charge in [0.2, 0.25) is 0 Å². The van der Waals surface area contributed by atoms with Gasteiger partial charge in [0, 0.05) is 18.7 Å². The number of aromatic nitrogens is 2. The maximum atomic E-state index is 12.6. The Labute approximate surface area is 123 Å². The van der Waals surface area contributed by atoms with Crippen molar-refractivity contribution < 1.29 is 13.5 Å². The first-order chi connectivity index (χ1) is 10.1. The van der Waals surface area contributed by atoms with Gasteiger partial charge in [-0.05, 0) is 17.9 Å². The SMILES string of the molecule is O=S(=O)(c1[nH]ncc1CO)N1CCC(c2ccccc2)C1. The second kappa shape index (κ2) is 5.59. The van der Waals surface area contributed by atoms with Crippen molar-refractivity contribution >= 4 is 10.0 Å². The van der Waals surface area contributed by atoms with E-state index < -0.39 is 10.0 Å². The van der Waals surface area contributed by atoms with E-state index in [1.807, 2.05) is 30.3 Å². The lowest BCUT2D eigenvalue weighted by Gasteiger charge is -2.16. The van der Waals surface area contributed by atoms with Gasteiger partial charge in [0.1, 0.15) is 0 Å². The van der Waals surface area contributed by atoms with Crippen molar-refractivity contribution in [2.75, 3.05) is 13.1 Å². The molecule has 3 rings (SSSR count). The average Bonchev–Trinajstić information content (AvgIpc) is 3.17. The second-order valence-corrected chi connectivity index (χ2v) is 7.02. The van der Waals surface area contributed by atoms with Crippen LogP contribution in [0.25, 0.3) is 0 Å². The average molecular weight is 307 g/mol. The Bertz CT molecular complexity index is 712. The minimum absolute atomic E-state index is 0.00119. The molecule has 1 saturated heterocycles. The fraction of sp³-hybridized carbons (Fsp3) is 0.357. The lowest BCUT2D eigenvalue weighted by Crippen LogP contribution is -2.29. The first-order valence-corrected chi connectivity index (χ1v) is 8.25. The Morgan fingerprint density at radius 3 is 2.81 bits per heavy atom. The molecule has 7 heteroatoms. The minimum Gasteiger partial charge on any atom is -0.392 e. The van der Waals surface area contributed by atoms with Crippen LogP contribution in [0, 0.1) is 0 Å². The van der Waals surface area contributed by atoms with Gasteiger partial charge in [0.15, 0.2) is 5.03 Å². The highest BCUT2D eigenvalue weighted by molar-refractivity contribution is 7.89. The smallest absolute Gasteiger partial charge is 0.260 e. The summed E-state index contributed by atoms with van der Waals surface area (Å²) in [4.78, 5) is 0. The number of nitrogens with zero attached hydrogens (tertiary/aromatic N) is 2. The Kier molecular flexibility index (Phi) is 3.79. The van der Waals surface area contributed by atoms with Crippen LogP contribution in [0.15, 0.2) is 41.6 Å². The van der Waals surface area contributed by atoms with Crippen LogP contribution < -0.4 is 0 Å². The first kappa shape index (κ1) is 14.2. The molecule has 1 atom stereocenters. The summed E-state index contributed by atoms with van der Waals surface area (Å²) in [6, 6.07) is 9.92. The molecule has 0 amide bonds. The quantitative estimate of drug-likeness (QED) is 0.885. The van der Waals surface area contributed by atoms with Crippen LogP contribution in [0.2, 0.25) is 0 Å². The molecule has 0 bridgehead atoms. The van der Waals surface area contributed by atoms with E-state index in [-0.39, 0.29) is 17.6 Å². The topological polar surface area (TPSA) is 86.3 Å². The van der Waals surface area contributed by atoms with Crippen LogP contribution in [0.3, 0.4) is 0 Å². The fourth-order valence-corrected chi connectivity index (χ4v) is 4.30. The molecule has 2 N–H and O–H groups in total. The highest BCUT2D eigenvalue weighted by atomic mass is 32.2. The number of sulfonamides is 1. The number of benzene rings is 1. The van der Waals surface area contributed by atoms with Crippen molar-refractivity contribution in [3.8, 4) is 0 Å². The van der Waals surface area contributed by atoms with Gasteiger partial charge in [-0.1, -0.05) is 30.3 Å². The van der Waals surface area contributed by atoms with Crippen molar-refractivity contribution in [1.29, 1.82) is 0 Å². The van der Waals surface area contributed by atoms with Crippen LogP contribution in [0.5, 0.6) is 0 Å². The molecule has 0 spiro atoms. The van der Waals surface area contributed by atoms with Gasteiger partial charge in [-0.15, -0.1) is 0 Å². The number of nitrogens with one attached hydrogen (secondary N) is 1. The molecule has 1 fully saturated rings. The molecule has 1 aliphatic heterocycles. The Morgan fingerprint density at radius 1 is 1.33 bits per heavy atom. The third kappa shape index (κ3) is 2.59. The largest absolute Gasteiger partial charge is 0.392 e. The Morgan fingerprint density at radius 2 is 2.10 bits per heavy atom. The van der Waals surface area contributed by atoms with Crippen molar-refractivity contribution in [3.05, 3.63) is 47.7 Å². The molecule has 1 aliphatic rings. The Balaban J connectivity index is 1.83. The number of H-pyrrole nitrogens is 1. The molecule has 2 aromatic rings. The van der Waals surface area contributed by atoms with E-state index in [4.69, 9.17) is 0 Å². The molecular weight excluding hydrogens is 290 g/mol. The molecule has 0 radical (unpaired) electrons. The summed E-state index contributed by atoms with van der Waals surface area (Å²) in [5.41, 5.74) is 1.46. The fourth-order valence-electron chi connectivity index (χ4n) is 2.71. The molecule has 6 nitrogen and oxygen atoms in total. The number of hydrogen-bond acceptors (Lipinski definition) is 4. The molecule has 1 unspecified atom stereocenters. The zero-order valence-electron chi connectivity index (χ0n) is 11.4. The molecule has 2 heterocycles. The van der Waals surface area contributed by atoms with Crippen LogP contribution in [-0.2, 0) is 16.6 Å². The highest BCUT2D eigenvalue weighted by Crippen LogP contribution is 2.31. The molecule has 112 valence electrons. The van der Waals surface area contributed by atoms with Crippen LogP contribution in [-0.4, -0.2) is 41.1 Å². The van der Waals surface area contributed by atoms with E-state index in [9.17, 15) is 13.5 Å². The number of aliphatic hydroxyl groups is 1. The van der Waals surface area contributed by atoms with Gasteiger partial charge in [-0.25, -0.2) is 8.42 Å². The summed E-state index contributed by atoms with van der Waals surface area (Å²) in [5.74, 6) is 0.210. The third-order valence-corrected chi connectivity index (χ3v) is 5.75. The van der Waals surface area contributed by atoms with Gasteiger partial charge >= 0.3 is 0 Å². The summed E-state index contributed by atoms with van der Waals surface area (Å²) < 4.78 is 26.6. The van der Waals surface area contributed by atoms with E-state index >= 15 is 0 Å². The molecule has 0 saturated carbocycles. The predicted molar refractivity (Wildman–Crippen MR) is 77.1 cm³/mol. The third-order valence-electron chi connectivity index (χ3n) is 3.87. The van der Waals surface area contributed by atoms with Crippen LogP contribution >= 0.6 is 0 Å². The maximum absolute atomic E-state index is 12.6. The van der Waals surface area contributed by atoms with Crippen molar-refractivity contribution in [3.63, 3.8) is 0 Å². The zero-order chi connectivity index (χ0) is 14.9. The lowest BCUT2D eigenvalue weighted by atomic mass is 9.99. The highest BCUT2D eigenvalue weighted by Gasteiger charge is 2.35. The Hall–Kier alpha value is -1.70. The van der Waals surface area contributed by atoms with Crippen LogP contribution in [0.4, 0.5) is 0 Å². The summed E-state index contributed by atoms with van der Waals surface area (Å²) in [5, 5.41) is 15.4. The van der Waals surface area contributed by atoms with Crippen molar-refractivity contribution in [1.82, 2.24) is 14.5 Å². The number of hydrogen-bond donors (Lipinski definition) is 2. The van der Waals surface area contributed by atoms with Crippen molar-refractivity contribution in [2.45, 2.75) is 24.0 Å². The van der Waals surface area contributed by atoms with Crippen molar-refractivity contribution in [2.24, 2.45) is 0 Å². The molecular formula is C14H17N3O3S. The lowest BCUT2D eigenvalue weighted by molar-refractivity contribution is 0.278.